The fourth-order valence-corrected chi connectivity index (χ4v) is 2.79. The number of carbonyl (C=O) groups excluding carboxylic acids is 1. The van der Waals surface area contributed by atoms with Gasteiger partial charge in [0.2, 0.25) is 5.91 Å². The molecule has 1 amide bonds. The predicted octanol–water partition coefficient (Wildman–Crippen LogP) is 4.54. The van der Waals surface area contributed by atoms with Crippen molar-refractivity contribution in [3.05, 3.63) is 76.7 Å². The highest BCUT2D eigenvalue weighted by atomic mass is 35.5. The van der Waals surface area contributed by atoms with Crippen LogP contribution < -0.4 is 10.1 Å². The van der Waals surface area contributed by atoms with Gasteiger partial charge < -0.3 is 10.1 Å². The minimum absolute atomic E-state index is 0.180. The molecule has 0 radical (unpaired) electrons. The summed E-state index contributed by atoms with van der Waals surface area (Å²) in [5.41, 5.74) is 2.09. The lowest BCUT2D eigenvalue weighted by molar-refractivity contribution is -0.115. The van der Waals surface area contributed by atoms with Crippen LogP contribution in [0.15, 0.2) is 54.9 Å². The van der Waals surface area contributed by atoms with Gasteiger partial charge in [-0.1, -0.05) is 30.7 Å². The second-order valence-electron chi connectivity index (χ2n) is 5.94. The summed E-state index contributed by atoms with van der Waals surface area (Å²) in [5.74, 6) is 1.37. The molecule has 3 aromatic rings. The number of nitrogens with one attached hydrogen (secondary N) is 1. The molecule has 3 rings (SSSR count). The molecule has 6 nitrogen and oxygen atoms in total. The van der Waals surface area contributed by atoms with Crippen molar-refractivity contribution >= 4 is 23.3 Å². The fraction of sp³-hybridized carbons (Fsp3) is 0.143. The highest BCUT2D eigenvalue weighted by Gasteiger charge is 2.11. The zero-order valence-electron chi connectivity index (χ0n) is 15.1. The monoisotopic (exact) mass is 392 g/mol. The van der Waals surface area contributed by atoms with Gasteiger partial charge in [-0.15, -0.1) is 0 Å². The number of aryl methyl sites for hydroxylation is 1. The van der Waals surface area contributed by atoms with Crippen LogP contribution in [-0.2, 0) is 17.6 Å². The van der Waals surface area contributed by atoms with E-state index >= 15 is 0 Å². The number of halogens is 1. The minimum Gasteiger partial charge on any atom is -0.457 e. The molecule has 140 valence electrons. The number of benzene rings is 2. The largest absolute Gasteiger partial charge is 0.457 e. The van der Waals surface area contributed by atoms with Gasteiger partial charge in [0.1, 0.15) is 22.8 Å². The predicted molar refractivity (Wildman–Crippen MR) is 106 cm³/mol. The molecule has 1 aromatic heterocycles. The molecule has 7 heteroatoms. The minimum atomic E-state index is -0.219. The van der Waals surface area contributed by atoms with Crippen LogP contribution in [0.1, 0.15) is 23.7 Å². The number of rotatable bonds is 6. The van der Waals surface area contributed by atoms with Crippen molar-refractivity contribution < 1.29 is 9.53 Å². The van der Waals surface area contributed by atoms with Crippen LogP contribution in [0.25, 0.3) is 0 Å². The summed E-state index contributed by atoms with van der Waals surface area (Å²) < 4.78 is 5.73. The van der Waals surface area contributed by atoms with Crippen LogP contribution in [0.5, 0.6) is 11.5 Å². The molecular formula is C21H17ClN4O2. The van der Waals surface area contributed by atoms with Gasteiger partial charge in [0.05, 0.1) is 23.7 Å². The van der Waals surface area contributed by atoms with Crippen molar-refractivity contribution in [3.63, 3.8) is 0 Å². The Morgan fingerprint density at radius 3 is 2.36 bits per heavy atom. The number of ether oxygens (including phenoxy) is 1. The Labute approximate surface area is 167 Å². The number of hydrogen-bond acceptors (Lipinski definition) is 5. The highest BCUT2D eigenvalue weighted by Crippen LogP contribution is 2.24. The molecule has 0 aliphatic heterocycles. The molecule has 0 saturated carbocycles. The van der Waals surface area contributed by atoms with Crippen LogP contribution in [0, 0.1) is 11.3 Å². The van der Waals surface area contributed by atoms with Crippen molar-refractivity contribution in [3.8, 4) is 17.6 Å². The summed E-state index contributed by atoms with van der Waals surface area (Å²) >= 11 is 6.20. The molecule has 1 heterocycles. The van der Waals surface area contributed by atoms with Gasteiger partial charge in [0.25, 0.3) is 0 Å². The molecular weight excluding hydrogens is 376 g/mol. The standard InChI is InChI=1S/C21H17ClN4O2/c1-2-18-20(22)21(25-13-24-18)26-19(27)11-14-3-7-16(8-4-14)28-17-9-5-15(12-23)6-10-17/h3-10,13H,2,11H2,1H3,(H,24,25,26,27). The highest BCUT2D eigenvalue weighted by molar-refractivity contribution is 6.34. The van der Waals surface area contributed by atoms with Crippen molar-refractivity contribution in [2.75, 3.05) is 5.32 Å². The van der Waals surface area contributed by atoms with E-state index in [0.717, 1.165) is 5.56 Å². The lowest BCUT2D eigenvalue weighted by Crippen LogP contribution is -2.16. The summed E-state index contributed by atoms with van der Waals surface area (Å²) in [4.78, 5) is 20.4. The van der Waals surface area contributed by atoms with E-state index in [4.69, 9.17) is 21.6 Å². The van der Waals surface area contributed by atoms with Gasteiger partial charge in [-0.25, -0.2) is 9.97 Å². The van der Waals surface area contributed by atoms with Gasteiger partial charge in [-0.05, 0) is 48.4 Å². The van der Waals surface area contributed by atoms with Crippen molar-refractivity contribution in [2.24, 2.45) is 0 Å². The molecule has 0 fully saturated rings. The first kappa shape index (κ1) is 19.3. The third-order valence-corrected chi connectivity index (χ3v) is 4.36. The second kappa shape index (κ2) is 8.98. The summed E-state index contributed by atoms with van der Waals surface area (Å²) in [6.45, 7) is 1.93. The topological polar surface area (TPSA) is 87.9 Å². The number of hydrogen-bond donors (Lipinski definition) is 1. The first-order valence-corrected chi connectivity index (χ1v) is 9.03. The number of nitrogens with zero attached hydrogens (tertiary/aromatic N) is 3. The van der Waals surface area contributed by atoms with Crippen molar-refractivity contribution in [2.45, 2.75) is 19.8 Å². The average molecular weight is 393 g/mol. The van der Waals surface area contributed by atoms with Gasteiger partial charge >= 0.3 is 0 Å². The lowest BCUT2D eigenvalue weighted by Gasteiger charge is -2.09. The van der Waals surface area contributed by atoms with E-state index in [1.54, 1.807) is 36.4 Å². The van der Waals surface area contributed by atoms with E-state index in [-0.39, 0.29) is 12.3 Å². The fourth-order valence-electron chi connectivity index (χ4n) is 2.51. The van der Waals surface area contributed by atoms with E-state index in [0.29, 0.717) is 40.0 Å². The maximum absolute atomic E-state index is 12.3. The van der Waals surface area contributed by atoms with E-state index in [1.165, 1.54) is 6.33 Å². The van der Waals surface area contributed by atoms with Crippen molar-refractivity contribution in [1.82, 2.24) is 9.97 Å². The van der Waals surface area contributed by atoms with Crippen LogP contribution in [0.4, 0.5) is 5.82 Å². The Bertz CT molecular complexity index is 1010. The molecule has 0 aliphatic carbocycles. The van der Waals surface area contributed by atoms with E-state index in [2.05, 4.69) is 21.4 Å². The summed E-state index contributed by atoms with van der Waals surface area (Å²) in [6.07, 6.45) is 2.22. The Kier molecular flexibility index (Phi) is 6.20. The van der Waals surface area contributed by atoms with Crippen LogP contribution in [-0.4, -0.2) is 15.9 Å². The molecule has 0 bridgehead atoms. The molecule has 28 heavy (non-hydrogen) atoms. The quantitative estimate of drug-likeness (QED) is 0.665. The Morgan fingerprint density at radius 1 is 1.11 bits per heavy atom. The van der Waals surface area contributed by atoms with Gasteiger partial charge in [-0.2, -0.15) is 5.26 Å². The summed E-state index contributed by atoms with van der Waals surface area (Å²) in [5, 5.41) is 11.9. The Morgan fingerprint density at radius 2 is 1.75 bits per heavy atom. The first-order chi connectivity index (χ1) is 13.6. The Hall–Kier alpha value is -3.43. The number of nitriles is 1. The number of amides is 1. The number of aromatic nitrogens is 2. The molecule has 2 aromatic carbocycles. The zero-order valence-corrected chi connectivity index (χ0v) is 15.9. The maximum atomic E-state index is 12.3. The maximum Gasteiger partial charge on any atom is 0.229 e. The lowest BCUT2D eigenvalue weighted by atomic mass is 10.1. The first-order valence-electron chi connectivity index (χ1n) is 8.65. The van der Waals surface area contributed by atoms with Gasteiger partial charge in [0.15, 0.2) is 5.82 Å². The third-order valence-electron chi connectivity index (χ3n) is 3.96. The molecule has 1 N–H and O–H groups in total. The van der Waals surface area contributed by atoms with Crippen molar-refractivity contribution in [1.29, 1.82) is 5.26 Å². The van der Waals surface area contributed by atoms with E-state index in [1.807, 2.05) is 19.1 Å². The second-order valence-corrected chi connectivity index (χ2v) is 6.32. The molecule has 0 unspecified atom stereocenters. The molecule has 0 atom stereocenters. The Balaban J connectivity index is 1.60. The van der Waals surface area contributed by atoms with Gasteiger partial charge in [0, 0.05) is 0 Å². The summed E-state index contributed by atoms with van der Waals surface area (Å²) in [7, 11) is 0. The molecule has 0 spiro atoms. The normalized spacial score (nSPS) is 10.2. The summed E-state index contributed by atoms with van der Waals surface area (Å²) in [6, 6.07) is 16.1. The SMILES string of the molecule is CCc1ncnc(NC(=O)Cc2ccc(Oc3ccc(C#N)cc3)cc2)c1Cl. The van der Waals surface area contributed by atoms with Crippen LogP contribution >= 0.6 is 11.6 Å². The van der Waals surface area contributed by atoms with Crippen LogP contribution in [0.3, 0.4) is 0 Å². The van der Waals surface area contributed by atoms with Crippen LogP contribution in [0.2, 0.25) is 5.02 Å². The molecule has 0 saturated heterocycles. The zero-order chi connectivity index (χ0) is 19.9. The molecule has 0 aliphatic rings. The smallest absolute Gasteiger partial charge is 0.229 e. The number of carbonyl (C=O) groups is 1. The van der Waals surface area contributed by atoms with E-state index < -0.39 is 0 Å². The number of anilines is 1. The third kappa shape index (κ3) is 4.84. The van der Waals surface area contributed by atoms with E-state index in [9.17, 15) is 4.79 Å². The average Bonchev–Trinajstić information content (AvgIpc) is 2.71. The van der Waals surface area contributed by atoms with Gasteiger partial charge in [-0.3, -0.25) is 4.79 Å².